The number of nitrogens with zero attached hydrogens (tertiary/aromatic N) is 3. The van der Waals surface area contributed by atoms with Crippen LogP contribution in [0.15, 0.2) is 48.7 Å². The molecule has 1 aliphatic heterocycles. The molecule has 2 N–H and O–H groups in total. The average Bonchev–Trinajstić information content (AvgIpc) is 3.44. The Hall–Kier alpha value is -3.39. The molecular formula is C32H41N5O2S. The van der Waals surface area contributed by atoms with Crippen molar-refractivity contribution in [3.8, 4) is 5.75 Å². The van der Waals surface area contributed by atoms with E-state index in [0.29, 0.717) is 22.6 Å². The SMILES string of the molecule is COc1cc(N2C(=S)N[C@@H](c3ccccn3)[C@H]2c2cc(C)n(C3CCCCC3)c2C)ccc1NC(=O)C(C)(C)C. The Labute approximate surface area is 243 Å². The predicted molar refractivity (Wildman–Crippen MR) is 165 cm³/mol. The Morgan fingerprint density at radius 1 is 1.10 bits per heavy atom. The van der Waals surface area contributed by atoms with Gasteiger partial charge in [-0.25, -0.2) is 0 Å². The molecule has 1 aliphatic carbocycles. The molecule has 2 atom stereocenters. The molecule has 3 aromatic rings. The van der Waals surface area contributed by atoms with Gasteiger partial charge in [0.15, 0.2) is 5.11 Å². The molecule has 1 saturated carbocycles. The first-order valence-electron chi connectivity index (χ1n) is 14.3. The van der Waals surface area contributed by atoms with Gasteiger partial charge in [-0.05, 0) is 74.8 Å². The molecule has 1 amide bonds. The summed E-state index contributed by atoms with van der Waals surface area (Å²) in [6.45, 7) is 10.1. The van der Waals surface area contributed by atoms with Gasteiger partial charge in [-0.1, -0.05) is 46.1 Å². The summed E-state index contributed by atoms with van der Waals surface area (Å²) in [5.41, 5.74) is 5.77. The predicted octanol–water partition coefficient (Wildman–Crippen LogP) is 7.18. The van der Waals surface area contributed by atoms with Crippen LogP contribution in [0, 0.1) is 19.3 Å². The lowest BCUT2D eigenvalue weighted by Gasteiger charge is -2.30. The molecule has 8 heteroatoms. The van der Waals surface area contributed by atoms with Crippen molar-refractivity contribution in [3.63, 3.8) is 0 Å². The molecular weight excluding hydrogens is 518 g/mol. The van der Waals surface area contributed by atoms with E-state index >= 15 is 0 Å². The molecule has 1 aromatic carbocycles. The van der Waals surface area contributed by atoms with Gasteiger partial charge in [0, 0.05) is 40.8 Å². The molecule has 2 fully saturated rings. The first-order chi connectivity index (χ1) is 19.1. The standard InChI is InChI=1S/C32H41N5O2S/c1-20-18-24(21(2)36(20)22-12-8-7-9-13-22)29-28(26-14-10-11-17-33-26)35-31(40)37(29)23-15-16-25(27(19-23)39-6)34-30(38)32(3,4)5/h10-11,14-19,22,28-29H,7-9,12-13H2,1-6H3,(H,34,38)(H,35,40)/t28-,29+/m0/s1. The number of methoxy groups -OCH3 is 1. The summed E-state index contributed by atoms with van der Waals surface area (Å²) in [5, 5.41) is 7.24. The van der Waals surface area contributed by atoms with E-state index in [9.17, 15) is 4.79 Å². The number of pyridine rings is 1. The normalized spacial score (nSPS) is 19.9. The summed E-state index contributed by atoms with van der Waals surface area (Å²) >= 11 is 5.99. The van der Waals surface area contributed by atoms with Crippen LogP contribution >= 0.6 is 12.2 Å². The molecule has 5 rings (SSSR count). The maximum atomic E-state index is 12.7. The van der Waals surface area contributed by atoms with Crippen LogP contribution in [-0.4, -0.2) is 27.7 Å². The zero-order chi connectivity index (χ0) is 28.6. The molecule has 2 aliphatic rings. The highest BCUT2D eigenvalue weighted by Gasteiger charge is 2.43. The van der Waals surface area contributed by atoms with Crippen molar-refractivity contribution in [2.45, 2.75) is 84.8 Å². The van der Waals surface area contributed by atoms with Crippen LogP contribution in [0.4, 0.5) is 11.4 Å². The maximum Gasteiger partial charge on any atom is 0.229 e. The maximum absolute atomic E-state index is 12.7. The van der Waals surface area contributed by atoms with Crippen molar-refractivity contribution in [1.82, 2.24) is 14.9 Å². The van der Waals surface area contributed by atoms with Crippen molar-refractivity contribution in [2.75, 3.05) is 17.3 Å². The quantitative estimate of drug-likeness (QED) is 0.312. The second kappa shape index (κ2) is 11.2. The lowest BCUT2D eigenvalue weighted by atomic mass is 9.94. The van der Waals surface area contributed by atoms with Crippen LogP contribution < -0.4 is 20.3 Å². The number of hydrogen-bond donors (Lipinski definition) is 2. The zero-order valence-electron chi connectivity index (χ0n) is 24.5. The van der Waals surface area contributed by atoms with Gasteiger partial charge in [-0.2, -0.15) is 0 Å². The van der Waals surface area contributed by atoms with Crippen molar-refractivity contribution < 1.29 is 9.53 Å². The number of hydrogen-bond acceptors (Lipinski definition) is 4. The van der Waals surface area contributed by atoms with Crippen LogP contribution in [0.5, 0.6) is 5.75 Å². The minimum atomic E-state index is -0.522. The number of carbonyl (C=O) groups excluding carboxylic acids is 1. The lowest BCUT2D eigenvalue weighted by molar-refractivity contribution is -0.123. The first kappa shape index (κ1) is 28.1. The number of thiocarbonyl (C=S) groups is 1. The van der Waals surface area contributed by atoms with E-state index in [4.69, 9.17) is 21.9 Å². The molecule has 3 heterocycles. The summed E-state index contributed by atoms with van der Waals surface area (Å²) in [4.78, 5) is 19.6. The minimum Gasteiger partial charge on any atom is -0.494 e. The third-order valence-electron chi connectivity index (χ3n) is 8.27. The summed E-state index contributed by atoms with van der Waals surface area (Å²) < 4.78 is 8.30. The van der Waals surface area contributed by atoms with Crippen molar-refractivity contribution in [3.05, 3.63) is 71.3 Å². The highest BCUT2D eigenvalue weighted by molar-refractivity contribution is 7.80. The third-order valence-corrected chi connectivity index (χ3v) is 8.59. The van der Waals surface area contributed by atoms with E-state index in [1.807, 2.05) is 57.3 Å². The number of rotatable bonds is 6. The smallest absolute Gasteiger partial charge is 0.229 e. The van der Waals surface area contributed by atoms with Crippen molar-refractivity contribution in [2.24, 2.45) is 5.41 Å². The molecule has 0 spiro atoms. The monoisotopic (exact) mass is 559 g/mol. The lowest BCUT2D eigenvalue weighted by Crippen LogP contribution is -2.30. The second-order valence-corrected chi connectivity index (χ2v) is 12.5. The van der Waals surface area contributed by atoms with E-state index in [-0.39, 0.29) is 18.0 Å². The Balaban J connectivity index is 1.59. The summed E-state index contributed by atoms with van der Waals surface area (Å²) in [7, 11) is 1.62. The third kappa shape index (κ3) is 5.33. The first-order valence-corrected chi connectivity index (χ1v) is 14.7. The largest absolute Gasteiger partial charge is 0.494 e. The summed E-state index contributed by atoms with van der Waals surface area (Å²) in [5.74, 6) is 0.519. The number of aromatic nitrogens is 2. The fourth-order valence-electron chi connectivity index (χ4n) is 6.19. The summed E-state index contributed by atoms with van der Waals surface area (Å²) in [6, 6.07) is 14.5. The fourth-order valence-corrected chi connectivity index (χ4v) is 6.54. The Kier molecular flexibility index (Phi) is 7.91. The van der Waals surface area contributed by atoms with E-state index in [0.717, 1.165) is 11.4 Å². The molecule has 40 heavy (non-hydrogen) atoms. The number of aryl methyl sites for hydroxylation is 1. The van der Waals surface area contributed by atoms with E-state index in [1.54, 1.807) is 7.11 Å². The van der Waals surface area contributed by atoms with Crippen molar-refractivity contribution >= 4 is 34.6 Å². The minimum absolute atomic E-state index is 0.0693. The van der Waals surface area contributed by atoms with Gasteiger partial charge in [0.25, 0.3) is 0 Å². The van der Waals surface area contributed by atoms with Gasteiger partial charge < -0.3 is 24.8 Å². The number of anilines is 2. The molecule has 212 valence electrons. The van der Waals surface area contributed by atoms with E-state index in [1.165, 1.54) is 49.1 Å². The van der Waals surface area contributed by atoms with Gasteiger partial charge in [0.1, 0.15) is 5.75 Å². The van der Waals surface area contributed by atoms with Gasteiger partial charge >= 0.3 is 0 Å². The van der Waals surface area contributed by atoms with Crippen LogP contribution in [0.1, 0.15) is 93.6 Å². The number of amides is 1. The average molecular weight is 560 g/mol. The molecule has 0 unspecified atom stereocenters. The van der Waals surface area contributed by atoms with Gasteiger partial charge in [0.2, 0.25) is 5.91 Å². The Morgan fingerprint density at radius 3 is 2.50 bits per heavy atom. The summed E-state index contributed by atoms with van der Waals surface area (Å²) in [6.07, 6.45) is 8.18. The van der Waals surface area contributed by atoms with Crippen LogP contribution in [0.25, 0.3) is 0 Å². The number of carbonyl (C=O) groups is 1. The number of benzene rings is 1. The molecule has 1 saturated heterocycles. The second-order valence-electron chi connectivity index (χ2n) is 12.1. The fraction of sp³-hybridized carbons (Fsp3) is 0.469. The molecule has 2 aromatic heterocycles. The highest BCUT2D eigenvalue weighted by Crippen LogP contribution is 2.46. The van der Waals surface area contributed by atoms with Gasteiger partial charge in [0.05, 0.1) is 30.6 Å². The topological polar surface area (TPSA) is 71.4 Å². The Morgan fingerprint density at radius 2 is 1.85 bits per heavy atom. The number of nitrogens with one attached hydrogen (secondary N) is 2. The van der Waals surface area contributed by atoms with Crippen LogP contribution in [0.2, 0.25) is 0 Å². The van der Waals surface area contributed by atoms with E-state index in [2.05, 4.69) is 46.1 Å². The highest BCUT2D eigenvalue weighted by atomic mass is 32.1. The van der Waals surface area contributed by atoms with Crippen LogP contribution in [0.3, 0.4) is 0 Å². The molecule has 7 nitrogen and oxygen atoms in total. The molecule has 0 radical (unpaired) electrons. The van der Waals surface area contributed by atoms with Gasteiger partial charge in [-0.3, -0.25) is 9.78 Å². The van der Waals surface area contributed by atoms with E-state index < -0.39 is 5.41 Å². The van der Waals surface area contributed by atoms with Crippen molar-refractivity contribution in [1.29, 1.82) is 0 Å². The Bertz CT molecular complexity index is 1390. The molecule has 0 bridgehead atoms. The zero-order valence-corrected chi connectivity index (χ0v) is 25.3. The van der Waals surface area contributed by atoms with Gasteiger partial charge in [-0.15, -0.1) is 0 Å². The van der Waals surface area contributed by atoms with Crippen LogP contribution in [-0.2, 0) is 4.79 Å². The number of ether oxygens (including phenoxy) is 1.